The standard InChI is InChI=1S/C49H31NO/c1-2-12-36(13-3-1)50-45-20-10-6-16-39(45)40-30-34(26-28-46(40)50)32-22-24-33(25-23-32)35-27-29-48-44(31-35)49(43-19-9-11-21-47(43)51-48)41-17-7-4-14-37(41)38-15-5-8-18-42(38)49/h1-31H/i4D,5D,7D,8D,9D,11D,14D,15D,17D,18D,19D,21D,22D,23D,24D,25D,27D,29D,31D. The molecular weight excluding hydrogens is 619 g/mol. The van der Waals surface area contributed by atoms with Gasteiger partial charge < -0.3 is 9.30 Å². The van der Waals surface area contributed by atoms with Crippen LogP contribution in [0.1, 0.15) is 48.3 Å². The van der Waals surface area contributed by atoms with Gasteiger partial charge >= 0.3 is 0 Å². The molecule has 0 bridgehead atoms. The Morgan fingerprint density at radius 1 is 0.451 bits per heavy atom. The van der Waals surface area contributed by atoms with E-state index < -0.39 is 176 Å². The first-order chi connectivity index (χ1) is 33.2. The smallest absolute Gasteiger partial charge is 0.132 e. The molecule has 0 fully saturated rings. The van der Waals surface area contributed by atoms with Crippen molar-refractivity contribution in [2.75, 3.05) is 0 Å². The first kappa shape index (κ1) is 15.5. The lowest BCUT2D eigenvalue weighted by atomic mass is 9.66. The number of ether oxygens (including phenoxy) is 1. The van der Waals surface area contributed by atoms with Crippen LogP contribution in [0.15, 0.2) is 188 Å². The van der Waals surface area contributed by atoms with Crippen molar-refractivity contribution in [3.63, 3.8) is 0 Å². The summed E-state index contributed by atoms with van der Waals surface area (Å²) >= 11 is 0. The zero-order valence-electron chi connectivity index (χ0n) is 45.3. The van der Waals surface area contributed by atoms with Crippen molar-refractivity contribution in [2.45, 2.75) is 5.41 Å². The summed E-state index contributed by atoms with van der Waals surface area (Å²) in [6.07, 6.45) is 0. The molecule has 9 aromatic rings. The minimum atomic E-state index is -2.77. The summed E-state index contributed by atoms with van der Waals surface area (Å²) in [6, 6.07) is 7.00. The van der Waals surface area contributed by atoms with Gasteiger partial charge in [0.1, 0.15) is 11.5 Å². The van der Waals surface area contributed by atoms with E-state index in [1.165, 1.54) is 0 Å². The summed E-state index contributed by atoms with van der Waals surface area (Å²) < 4.78 is 183. The average molecular weight is 669 g/mol. The fourth-order valence-electron chi connectivity index (χ4n) is 7.48. The zero-order valence-corrected chi connectivity index (χ0v) is 26.3. The van der Waals surface area contributed by atoms with Gasteiger partial charge in [-0.3, -0.25) is 0 Å². The number of aromatic nitrogens is 1. The number of fused-ring (bicyclic) bond motifs is 12. The Labute approximate surface area is 323 Å². The highest BCUT2D eigenvalue weighted by Gasteiger charge is 2.50. The minimum Gasteiger partial charge on any atom is -0.457 e. The van der Waals surface area contributed by atoms with Crippen LogP contribution in [0.5, 0.6) is 11.5 Å². The van der Waals surface area contributed by atoms with E-state index in [0.29, 0.717) is 5.56 Å². The van der Waals surface area contributed by atoms with Crippen LogP contribution in [0.25, 0.3) is 60.9 Å². The van der Waals surface area contributed by atoms with Crippen LogP contribution >= 0.6 is 0 Å². The maximum atomic E-state index is 10.1. The van der Waals surface area contributed by atoms with Gasteiger partial charge in [-0.1, -0.05) is 139 Å². The Morgan fingerprint density at radius 2 is 1.04 bits per heavy atom. The molecule has 2 aliphatic rings. The van der Waals surface area contributed by atoms with Gasteiger partial charge in [-0.05, 0) is 93.0 Å². The summed E-state index contributed by atoms with van der Waals surface area (Å²) in [5.74, 6) is -1.46. The van der Waals surface area contributed by atoms with Crippen molar-refractivity contribution in [2.24, 2.45) is 0 Å². The molecule has 0 radical (unpaired) electrons. The molecule has 238 valence electrons. The SMILES string of the molecule is [2H]c1c([2H])c([2H])c2c(c1[2H])Oc1c([2H])c([2H])c(-c3c([2H])c([2H])c(-c4ccc5c(c4)c4ccccc4n5-c4ccccc4)c([2H])c3[2H])c([2H])c1C21c2c([2H])c([2H])c([2H])c([2H])c2-c2c([2H])c([2H])c([2H])c([2H])c21. The second kappa shape index (κ2) is 10.7. The van der Waals surface area contributed by atoms with E-state index in [9.17, 15) is 16.4 Å². The highest BCUT2D eigenvalue weighted by Crippen LogP contribution is 2.62. The zero-order chi connectivity index (χ0) is 50.1. The highest BCUT2D eigenvalue weighted by molar-refractivity contribution is 6.10. The van der Waals surface area contributed by atoms with Crippen molar-refractivity contribution >= 4 is 21.8 Å². The van der Waals surface area contributed by atoms with Gasteiger partial charge in [-0.2, -0.15) is 0 Å². The lowest BCUT2D eigenvalue weighted by Gasteiger charge is -2.39. The van der Waals surface area contributed by atoms with Crippen molar-refractivity contribution in [1.29, 1.82) is 0 Å². The molecular formula is C49H31NO. The lowest BCUT2D eigenvalue weighted by Crippen LogP contribution is -2.32. The topological polar surface area (TPSA) is 14.2 Å². The van der Waals surface area contributed by atoms with Crippen LogP contribution < -0.4 is 4.74 Å². The van der Waals surface area contributed by atoms with Gasteiger partial charge in [-0.25, -0.2) is 0 Å². The van der Waals surface area contributed by atoms with E-state index in [1.54, 1.807) is 12.1 Å². The molecule has 0 atom stereocenters. The van der Waals surface area contributed by atoms with E-state index in [1.807, 2.05) is 60.7 Å². The third-order valence-corrected chi connectivity index (χ3v) is 9.61. The summed E-state index contributed by atoms with van der Waals surface area (Å²) in [4.78, 5) is 0. The average Bonchev–Trinajstić information content (AvgIpc) is 3.85. The number of nitrogens with zero attached hydrogens (tertiary/aromatic N) is 1. The summed E-state index contributed by atoms with van der Waals surface area (Å²) in [6.45, 7) is 0. The number of hydrogen-bond donors (Lipinski definition) is 0. The Hall–Kier alpha value is -6.64. The van der Waals surface area contributed by atoms with Gasteiger partial charge in [0, 0.05) is 27.6 Å². The van der Waals surface area contributed by atoms with Crippen LogP contribution in [-0.2, 0) is 5.41 Å². The first-order valence-corrected chi connectivity index (χ1v) is 16.1. The largest absolute Gasteiger partial charge is 0.457 e. The fourth-order valence-corrected chi connectivity index (χ4v) is 7.48. The molecule has 0 amide bonds. The van der Waals surface area contributed by atoms with E-state index in [-0.39, 0.29) is 5.56 Å². The Morgan fingerprint density at radius 3 is 1.80 bits per heavy atom. The lowest BCUT2D eigenvalue weighted by molar-refractivity contribution is 0.436. The fraction of sp³-hybridized carbons (Fsp3) is 0.0204. The highest BCUT2D eigenvalue weighted by atomic mass is 16.5. The number of benzene rings is 8. The molecule has 0 saturated carbocycles. The second-order valence-electron chi connectivity index (χ2n) is 12.2. The maximum absolute atomic E-state index is 10.1. The van der Waals surface area contributed by atoms with Crippen LogP contribution in [0, 0.1) is 0 Å². The molecule has 0 N–H and O–H groups in total. The predicted octanol–water partition coefficient (Wildman–Crippen LogP) is 12.6. The van der Waals surface area contributed by atoms with Gasteiger partial charge in [0.2, 0.25) is 0 Å². The van der Waals surface area contributed by atoms with E-state index in [2.05, 4.69) is 4.57 Å². The van der Waals surface area contributed by atoms with E-state index >= 15 is 0 Å². The molecule has 8 aromatic carbocycles. The van der Waals surface area contributed by atoms with Crippen molar-refractivity contribution in [3.05, 3.63) is 210 Å². The molecule has 11 rings (SSSR count). The van der Waals surface area contributed by atoms with Crippen molar-refractivity contribution in [1.82, 2.24) is 4.57 Å². The minimum absolute atomic E-state index is 0.130. The Kier molecular flexibility index (Phi) is 3.24. The molecule has 0 saturated heterocycles. The van der Waals surface area contributed by atoms with Gasteiger partial charge in [0.15, 0.2) is 0 Å². The number of para-hydroxylation sites is 3. The molecule has 1 spiro atoms. The van der Waals surface area contributed by atoms with Gasteiger partial charge in [-0.15, -0.1) is 0 Å². The molecule has 51 heavy (non-hydrogen) atoms. The third-order valence-electron chi connectivity index (χ3n) is 9.61. The monoisotopic (exact) mass is 668 g/mol. The molecule has 1 aromatic heterocycles. The molecule has 2 heterocycles. The summed E-state index contributed by atoms with van der Waals surface area (Å²) in [5, 5.41) is 1.59. The molecule has 2 heteroatoms. The molecule has 0 unspecified atom stereocenters. The van der Waals surface area contributed by atoms with E-state index in [0.717, 1.165) is 27.5 Å². The number of rotatable bonds is 3. The van der Waals surface area contributed by atoms with Crippen molar-refractivity contribution < 1.29 is 30.8 Å². The van der Waals surface area contributed by atoms with Crippen LogP contribution in [0.2, 0.25) is 0 Å². The van der Waals surface area contributed by atoms with Gasteiger partial charge in [0.05, 0.1) is 42.5 Å². The quantitative estimate of drug-likeness (QED) is 0.183. The predicted molar refractivity (Wildman–Crippen MR) is 209 cm³/mol. The Bertz CT molecular complexity index is 3820. The summed E-state index contributed by atoms with van der Waals surface area (Å²) in [7, 11) is 0. The van der Waals surface area contributed by atoms with E-state index in [4.69, 9.17) is 14.3 Å². The van der Waals surface area contributed by atoms with Crippen LogP contribution in [0.3, 0.4) is 0 Å². The molecule has 1 aliphatic carbocycles. The second-order valence-corrected chi connectivity index (χ2v) is 12.2. The maximum Gasteiger partial charge on any atom is 0.132 e. The van der Waals surface area contributed by atoms with Crippen LogP contribution in [0.4, 0.5) is 0 Å². The van der Waals surface area contributed by atoms with Crippen LogP contribution in [-0.4, -0.2) is 4.57 Å². The Balaban J connectivity index is 1.26. The third kappa shape index (κ3) is 3.93. The first-order valence-electron chi connectivity index (χ1n) is 25.6. The summed E-state index contributed by atoms with van der Waals surface area (Å²) in [5.41, 5.74) is -4.75. The normalized spacial score (nSPS) is 18.6. The van der Waals surface area contributed by atoms with Crippen molar-refractivity contribution in [3.8, 4) is 50.6 Å². The number of hydrogen-bond acceptors (Lipinski definition) is 1. The molecule has 1 aliphatic heterocycles. The molecule has 2 nitrogen and oxygen atoms in total. The van der Waals surface area contributed by atoms with Gasteiger partial charge in [0.25, 0.3) is 0 Å².